The number of nitrogens with one attached hydrogen (secondary N) is 3. The van der Waals surface area contributed by atoms with Crippen LogP contribution >= 0.6 is 0 Å². The van der Waals surface area contributed by atoms with Crippen molar-refractivity contribution in [3.8, 4) is 5.75 Å². The Hall–Kier alpha value is -4.54. The van der Waals surface area contributed by atoms with Crippen molar-refractivity contribution in [3.05, 3.63) is 90.5 Å². The first-order chi connectivity index (χ1) is 19.2. The van der Waals surface area contributed by atoms with Crippen molar-refractivity contribution in [2.75, 3.05) is 48.9 Å². The number of ketones is 1. The van der Waals surface area contributed by atoms with E-state index in [2.05, 4.69) is 30.9 Å². The van der Waals surface area contributed by atoms with Gasteiger partial charge in [0.1, 0.15) is 5.75 Å². The van der Waals surface area contributed by atoms with E-state index in [0.717, 1.165) is 16.9 Å². The van der Waals surface area contributed by atoms with Gasteiger partial charge in [-0.3, -0.25) is 4.79 Å². The lowest BCUT2D eigenvalue weighted by Crippen LogP contribution is -2.15. The number of phenols is 1. The molecule has 10 nitrogen and oxygen atoms in total. The molecule has 0 atom stereocenters. The van der Waals surface area contributed by atoms with Crippen molar-refractivity contribution in [2.45, 2.75) is 12.8 Å². The predicted molar refractivity (Wildman–Crippen MR) is 151 cm³/mol. The van der Waals surface area contributed by atoms with Crippen LogP contribution in [0, 0.1) is 0 Å². The molecule has 0 aliphatic rings. The number of hydrogen-bond donors (Lipinski definition) is 4. The number of aromatic hydroxyl groups is 1. The van der Waals surface area contributed by atoms with Crippen LogP contribution in [0.5, 0.6) is 5.75 Å². The minimum atomic E-state index is 0.128. The van der Waals surface area contributed by atoms with Gasteiger partial charge in [-0.15, -0.1) is 0 Å². The minimum Gasteiger partial charge on any atom is -0.508 e. The van der Waals surface area contributed by atoms with E-state index in [1.807, 2.05) is 60.7 Å². The van der Waals surface area contributed by atoms with Crippen molar-refractivity contribution in [2.24, 2.45) is 0 Å². The number of aromatic nitrogens is 3. The highest BCUT2D eigenvalue weighted by Gasteiger charge is 2.08. The number of ether oxygens (including phenoxy) is 2. The molecular formula is C29H32N6O4. The molecule has 0 radical (unpaired) electrons. The maximum Gasteiger partial charge on any atom is 0.233 e. The molecule has 1 aromatic heterocycles. The van der Waals surface area contributed by atoms with Gasteiger partial charge < -0.3 is 30.5 Å². The lowest BCUT2D eigenvalue weighted by Gasteiger charge is -2.12. The Bertz CT molecular complexity index is 1290. The van der Waals surface area contributed by atoms with E-state index in [1.54, 1.807) is 24.3 Å². The van der Waals surface area contributed by atoms with Crippen LogP contribution in [0.3, 0.4) is 0 Å². The highest BCUT2D eigenvalue weighted by atomic mass is 16.5. The van der Waals surface area contributed by atoms with Crippen LogP contribution in [0.1, 0.15) is 23.2 Å². The third-order valence-electron chi connectivity index (χ3n) is 5.48. The van der Waals surface area contributed by atoms with Gasteiger partial charge in [0.25, 0.3) is 0 Å². The average Bonchev–Trinajstić information content (AvgIpc) is 2.96. The minimum absolute atomic E-state index is 0.128. The largest absolute Gasteiger partial charge is 0.508 e. The number of anilines is 5. The van der Waals surface area contributed by atoms with Gasteiger partial charge in [-0.1, -0.05) is 48.5 Å². The Morgan fingerprint density at radius 2 is 1.23 bits per heavy atom. The molecule has 4 aromatic rings. The first-order valence-corrected chi connectivity index (χ1v) is 12.8. The molecule has 4 N–H and O–H groups in total. The summed E-state index contributed by atoms with van der Waals surface area (Å²) in [4.78, 5) is 25.4. The number of carbonyl (C=O) groups excluding carboxylic acids is 1. The Balaban J connectivity index is 1.18. The molecule has 3 aromatic carbocycles. The van der Waals surface area contributed by atoms with Crippen LogP contribution in [0.25, 0.3) is 0 Å². The number of phenolic OH excluding ortho intramolecular Hbond substituents is 1. The number of rotatable bonds is 16. The zero-order chi connectivity index (χ0) is 27.1. The molecule has 0 aliphatic carbocycles. The Labute approximate surface area is 227 Å². The summed E-state index contributed by atoms with van der Waals surface area (Å²) in [6.45, 7) is 2.33. The number of Topliss-reactive ketones (excluding diaryl/α,β-unsaturated/α-hetero) is 1. The lowest BCUT2D eigenvalue weighted by atomic mass is 10.1. The van der Waals surface area contributed by atoms with E-state index in [9.17, 15) is 9.90 Å². The molecule has 0 fully saturated rings. The van der Waals surface area contributed by atoms with Gasteiger partial charge in [-0.2, -0.15) is 15.0 Å². The normalized spacial score (nSPS) is 10.7. The van der Waals surface area contributed by atoms with Gasteiger partial charge in [0.2, 0.25) is 17.8 Å². The topological polar surface area (TPSA) is 131 Å². The number of hydrogen-bond acceptors (Lipinski definition) is 10. The summed E-state index contributed by atoms with van der Waals surface area (Å²) >= 11 is 0. The van der Waals surface area contributed by atoms with Crippen molar-refractivity contribution >= 4 is 35.0 Å². The predicted octanol–water partition coefficient (Wildman–Crippen LogP) is 5.17. The lowest BCUT2D eigenvalue weighted by molar-refractivity contribution is 0.0497. The smallest absolute Gasteiger partial charge is 0.233 e. The summed E-state index contributed by atoms with van der Waals surface area (Å²) in [6, 6.07) is 25.5. The molecule has 0 unspecified atom stereocenters. The van der Waals surface area contributed by atoms with Crippen LogP contribution in [-0.2, 0) is 9.47 Å². The second-order valence-corrected chi connectivity index (χ2v) is 8.51. The van der Waals surface area contributed by atoms with E-state index in [0.29, 0.717) is 63.7 Å². The van der Waals surface area contributed by atoms with Gasteiger partial charge in [-0.05, 0) is 42.8 Å². The molecular weight excluding hydrogens is 496 g/mol. The van der Waals surface area contributed by atoms with Crippen LogP contribution < -0.4 is 16.0 Å². The molecule has 0 spiro atoms. The van der Waals surface area contributed by atoms with E-state index in [4.69, 9.17) is 9.47 Å². The van der Waals surface area contributed by atoms with E-state index >= 15 is 0 Å². The fraction of sp³-hybridized carbons (Fsp3) is 0.241. The van der Waals surface area contributed by atoms with E-state index in [-0.39, 0.29) is 11.5 Å². The van der Waals surface area contributed by atoms with Gasteiger partial charge in [0.15, 0.2) is 5.78 Å². The van der Waals surface area contributed by atoms with Gasteiger partial charge in [0.05, 0.1) is 19.8 Å². The van der Waals surface area contributed by atoms with Gasteiger partial charge in [0, 0.05) is 36.5 Å². The molecule has 0 amide bonds. The summed E-state index contributed by atoms with van der Waals surface area (Å²) in [7, 11) is 0. The van der Waals surface area contributed by atoms with Crippen molar-refractivity contribution in [1.29, 1.82) is 0 Å². The van der Waals surface area contributed by atoms with Gasteiger partial charge >= 0.3 is 0 Å². The molecule has 0 saturated carbocycles. The summed E-state index contributed by atoms with van der Waals surface area (Å²) in [5.74, 6) is 1.40. The highest BCUT2D eigenvalue weighted by Crippen LogP contribution is 2.20. The summed E-state index contributed by atoms with van der Waals surface area (Å²) < 4.78 is 11.2. The molecule has 4 rings (SSSR count). The quantitative estimate of drug-likeness (QED) is 0.0877. The fourth-order valence-electron chi connectivity index (χ4n) is 3.55. The zero-order valence-corrected chi connectivity index (χ0v) is 21.5. The van der Waals surface area contributed by atoms with Crippen molar-refractivity contribution in [1.82, 2.24) is 15.0 Å². The van der Waals surface area contributed by atoms with Crippen LogP contribution in [0.15, 0.2) is 84.9 Å². The number of para-hydroxylation sites is 1. The summed E-state index contributed by atoms with van der Waals surface area (Å²) in [5.41, 5.74) is 2.30. The Morgan fingerprint density at radius 3 is 1.90 bits per heavy atom. The molecule has 39 heavy (non-hydrogen) atoms. The maximum absolute atomic E-state index is 12.1. The Kier molecular flexibility index (Phi) is 10.6. The third kappa shape index (κ3) is 9.69. The second-order valence-electron chi connectivity index (χ2n) is 8.51. The fourth-order valence-corrected chi connectivity index (χ4v) is 3.55. The van der Waals surface area contributed by atoms with E-state index < -0.39 is 0 Å². The second kappa shape index (κ2) is 15.0. The third-order valence-corrected chi connectivity index (χ3v) is 5.48. The molecule has 0 aliphatic heterocycles. The molecule has 1 heterocycles. The van der Waals surface area contributed by atoms with Crippen LogP contribution in [-0.4, -0.2) is 58.8 Å². The zero-order valence-electron chi connectivity index (χ0n) is 21.5. The van der Waals surface area contributed by atoms with Crippen LogP contribution in [0.2, 0.25) is 0 Å². The number of carbonyl (C=O) groups is 1. The van der Waals surface area contributed by atoms with Crippen molar-refractivity contribution in [3.63, 3.8) is 0 Å². The standard InChI is InChI=1S/C29H32N6O4/c36-25-15-13-24(14-16-25)32-29-34-27(33-28(35-29)31-23-10-5-2-6-11-23)30-17-19-39-21-20-38-18-7-12-26(37)22-8-3-1-4-9-22/h1-6,8-11,13-16,36H,7,12,17-21H2,(H3,30,31,32,33,34,35). The van der Waals surface area contributed by atoms with Gasteiger partial charge in [-0.25, -0.2) is 0 Å². The first kappa shape index (κ1) is 27.5. The Morgan fingerprint density at radius 1 is 0.667 bits per heavy atom. The molecule has 0 saturated heterocycles. The molecule has 0 bridgehead atoms. The molecule has 10 heteroatoms. The van der Waals surface area contributed by atoms with Crippen molar-refractivity contribution < 1.29 is 19.4 Å². The van der Waals surface area contributed by atoms with Crippen LogP contribution in [0.4, 0.5) is 29.2 Å². The number of nitrogens with zero attached hydrogens (tertiary/aromatic N) is 3. The maximum atomic E-state index is 12.1. The summed E-state index contributed by atoms with van der Waals surface area (Å²) in [6.07, 6.45) is 1.14. The first-order valence-electron chi connectivity index (χ1n) is 12.8. The SMILES string of the molecule is O=C(CCCOCCOCCNc1nc(Nc2ccccc2)nc(Nc2ccc(O)cc2)n1)c1ccccc1. The number of benzene rings is 3. The summed E-state index contributed by atoms with van der Waals surface area (Å²) in [5, 5.41) is 19.0. The average molecular weight is 529 g/mol. The highest BCUT2D eigenvalue weighted by molar-refractivity contribution is 5.95. The monoisotopic (exact) mass is 528 g/mol. The molecule has 202 valence electrons. The van der Waals surface area contributed by atoms with E-state index in [1.165, 1.54) is 0 Å².